The minimum atomic E-state index is -0.758. The molecule has 29 heavy (non-hydrogen) atoms. The molecule has 2 saturated heterocycles. The van der Waals surface area contributed by atoms with Crippen LogP contribution in [0.1, 0.15) is 49.7 Å². The van der Waals surface area contributed by atoms with Crippen molar-refractivity contribution >= 4 is 5.91 Å². The number of methoxy groups -OCH3 is 1. The predicted molar refractivity (Wildman–Crippen MR) is 110 cm³/mol. The van der Waals surface area contributed by atoms with Gasteiger partial charge in [-0.3, -0.25) is 9.69 Å². The van der Waals surface area contributed by atoms with Crippen LogP contribution in [0, 0.1) is 11.8 Å². The third kappa shape index (κ3) is 2.37. The molecule has 0 radical (unpaired) electrons. The third-order valence-corrected chi connectivity index (χ3v) is 9.08. The maximum Gasteiger partial charge on any atom is 0.222 e. The summed E-state index contributed by atoms with van der Waals surface area (Å²) in [7, 11) is 3.68. The van der Waals surface area contributed by atoms with Gasteiger partial charge < -0.3 is 14.7 Å². The number of carbonyl (C=O) groups is 1. The predicted octanol–water partition coefficient (Wildman–Crippen LogP) is 2.35. The molecule has 6 rings (SSSR count). The van der Waals surface area contributed by atoms with E-state index in [4.69, 9.17) is 4.74 Å². The average Bonchev–Trinajstić information content (AvgIpc) is 3.48. The molecule has 1 aromatic rings. The van der Waals surface area contributed by atoms with Gasteiger partial charge >= 0.3 is 0 Å². The average molecular weight is 397 g/mol. The molecule has 2 heterocycles. The van der Waals surface area contributed by atoms with Gasteiger partial charge in [-0.1, -0.05) is 6.07 Å². The van der Waals surface area contributed by atoms with E-state index in [-0.39, 0.29) is 29.3 Å². The van der Waals surface area contributed by atoms with Crippen LogP contribution in [0.2, 0.25) is 0 Å². The molecule has 2 aliphatic heterocycles. The lowest BCUT2D eigenvalue weighted by Gasteiger charge is -2.65. The first-order valence-corrected chi connectivity index (χ1v) is 11.3. The lowest BCUT2D eigenvalue weighted by Crippen LogP contribution is -2.75. The first-order chi connectivity index (χ1) is 13.9. The molecule has 5 aliphatic rings. The molecule has 0 aromatic heterocycles. The van der Waals surface area contributed by atoms with E-state index in [9.17, 15) is 9.90 Å². The fourth-order valence-corrected chi connectivity index (χ4v) is 7.35. The van der Waals surface area contributed by atoms with E-state index in [0.29, 0.717) is 6.42 Å². The van der Waals surface area contributed by atoms with Crippen LogP contribution in [0.25, 0.3) is 0 Å². The van der Waals surface area contributed by atoms with Gasteiger partial charge in [-0.05, 0) is 80.2 Å². The maximum atomic E-state index is 12.5. The van der Waals surface area contributed by atoms with Crippen molar-refractivity contribution in [3.8, 4) is 5.75 Å². The van der Waals surface area contributed by atoms with E-state index >= 15 is 0 Å². The fraction of sp³-hybridized carbons (Fsp3) is 0.708. The second-order valence-electron chi connectivity index (χ2n) is 10.4. The summed E-state index contributed by atoms with van der Waals surface area (Å²) >= 11 is 0. The van der Waals surface area contributed by atoms with Crippen LogP contribution in [-0.4, -0.2) is 65.7 Å². The number of nitrogens with zero attached hydrogens (tertiary/aromatic N) is 2. The molecule has 4 fully saturated rings. The van der Waals surface area contributed by atoms with Crippen LogP contribution < -0.4 is 4.74 Å². The van der Waals surface area contributed by atoms with Crippen molar-refractivity contribution in [3.05, 3.63) is 29.3 Å². The lowest BCUT2D eigenvalue weighted by atomic mass is 9.47. The van der Waals surface area contributed by atoms with Gasteiger partial charge in [-0.25, -0.2) is 0 Å². The number of hydrogen-bond acceptors (Lipinski definition) is 4. The molecular weight excluding hydrogens is 364 g/mol. The molecule has 2 saturated carbocycles. The Morgan fingerprint density at radius 1 is 1.24 bits per heavy atom. The zero-order valence-electron chi connectivity index (χ0n) is 17.6. The molecule has 2 bridgehead atoms. The molecule has 5 atom stereocenters. The minimum absolute atomic E-state index is 0.166. The SMILES string of the molecule is COc1ccc2c(c1)[C@]13CCN(CC4CC4)[C@H](C2)[C@]1(O)C[C@H]1CC(=O)N(C)[C@H]1C3. The van der Waals surface area contributed by atoms with Crippen molar-refractivity contribution in [3.63, 3.8) is 0 Å². The zero-order valence-corrected chi connectivity index (χ0v) is 17.6. The van der Waals surface area contributed by atoms with Crippen LogP contribution in [0.3, 0.4) is 0 Å². The second kappa shape index (κ2) is 5.98. The summed E-state index contributed by atoms with van der Waals surface area (Å²) in [5.41, 5.74) is 1.62. The van der Waals surface area contributed by atoms with Crippen LogP contribution >= 0.6 is 0 Å². The third-order valence-electron chi connectivity index (χ3n) is 9.08. The summed E-state index contributed by atoms with van der Waals surface area (Å²) in [4.78, 5) is 17.1. The van der Waals surface area contributed by atoms with E-state index in [1.54, 1.807) is 7.11 Å². The Labute approximate surface area is 173 Å². The highest BCUT2D eigenvalue weighted by Gasteiger charge is 2.67. The topological polar surface area (TPSA) is 53.0 Å². The summed E-state index contributed by atoms with van der Waals surface area (Å²) < 4.78 is 5.58. The number of likely N-dealkylation sites (tertiary alicyclic amines) is 2. The summed E-state index contributed by atoms with van der Waals surface area (Å²) in [5, 5.41) is 12.5. The van der Waals surface area contributed by atoms with Crippen molar-refractivity contribution < 1.29 is 14.6 Å². The van der Waals surface area contributed by atoms with Gasteiger partial charge in [0.1, 0.15) is 5.75 Å². The van der Waals surface area contributed by atoms with E-state index in [1.165, 1.54) is 24.0 Å². The van der Waals surface area contributed by atoms with Crippen molar-refractivity contribution in [2.45, 2.75) is 68.0 Å². The van der Waals surface area contributed by atoms with Crippen molar-refractivity contribution in [1.82, 2.24) is 9.80 Å². The number of fused-ring (bicyclic) bond motifs is 2. The molecule has 1 N–H and O–H groups in total. The molecule has 1 aromatic carbocycles. The normalized spacial score (nSPS) is 41.0. The summed E-state index contributed by atoms with van der Waals surface area (Å²) in [5.74, 6) is 2.21. The number of aliphatic hydroxyl groups is 1. The number of amides is 1. The number of hydrogen-bond donors (Lipinski definition) is 1. The van der Waals surface area contributed by atoms with E-state index in [1.807, 2.05) is 11.9 Å². The van der Waals surface area contributed by atoms with Gasteiger partial charge in [-0.15, -0.1) is 0 Å². The van der Waals surface area contributed by atoms with E-state index < -0.39 is 5.60 Å². The van der Waals surface area contributed by atoms with Crippen LogP contribution in [0.15, 0.2) is 18.2 Å². The highest BCUT2D eigenvalue weighted by molar-refractivity contribution is 5.79. The van der Waals surface area contributed by atoms with Gasteiger partial charge in [0.2, 0.25) is 5.91 Å². The molecule has 156 valence electrons. The summed E-state index contributed by atoms with van der Waals surface area (Å²) in [6.07, 6.45) is 6.78. The van der Waals surface area contributed by atoms with Gasteiger partial charge in [0.25, 0.3) is 0 Å². The maximum absolute atomic E-state index is 12.5. The number of rotatable bonds is 3. The summed E-state index contributed by atoms with van der Waals surface area (Å²) in [6, 6.07) is 6.89. The van der Waals surface area contributed by atoms with Gasteiger partial charge in [-0.2, -0.15) is 0 Å². The quantitative estimate of drug-likeness (QED) is 0.852. The summed E-state index contributed by atoms with van der Waals surface area (Å²) in [6.45, 7) is 2.18. The van der Waals surface area contributed by atoms with Crippen LogP contribution in [0.4, 0.5) is 0 Å². The minimum Gasteiger partial charge on any atom is -0.497 e. The number of piperidine rings is 1. The van der Waals surface area contributed by atoms with Gasteiger partial charge in [0.15, 0.2) is 0 Å². The smallest absolute Gasteiger partial charge is 0.222 e. The Kier molecular flexibility index (Phi) is 3.75. The standard InChI is InChI=1S/C24H32N2O3/c1-25-20-13-23-7-8-26(14-15-3-4-15)21(24(23,28)12-17(20)10-22(25)27)9-16-5-6-18(29-2)11-19(16)23/h5-6,11,15,17,20-21,28H,3-4,7-10,12-14H2,1-2H3/t17-,20+,21-,23-,24-/m1/s1. The first-order valence-electron chi connectivity index (χ1n) is 11.3. The Morgan fingerprint density at radius 2 is 2.07 bits per heavy atom. The highest BCUT2D eigenvalue weighted by atomic mass is 16.5. The van der Waals surface area contributed by atoms with Crippen LogP contribution in [0.5, 0.6) is 5.75 Å². The Hall–Kier alpha value is -1.59. The Morgan fingerprint density at radius 3 is 2.83 bits per heavy atom. The molecule has 0 unspecified atom stereocenters. The van der Waals surface area contributed by atoms with Crippen LogP contribution in [-0.2, 0) is 16.6 Å². The number of carbonyl (C=O) groups excluding carboxylic acids is 1. The molecule has 1 amide bonds. The Bertz CT molecular complexity index is 868. The second-order valence-corrected chi connectivity index (χ2v) is 10.4. The van der Waals surface area contributed by atoms with Crippen molar-refractivity contribution in [2.75, 3.05) is 27.2 Å². The van der Waals surface area contributed by atoms with E-state index in [2.05, 4.69) is 23.1 Å². The monoisotopic (exact) mass is 396 g/mol. The van der Waals surface area contributed by atoms with Gasteiger partial charge in [0.05, 0.1) is 12.7 Å². The van der Waals surface area contributed by atoms with Crippen molar-refractivity contribution in [2.24, 2.45) is 11.8 Å². The van der Waals surface area contributed by atoms with E-state index in [0.717, 1.165) is 50.4 Å². The number of ether oxygens (including phenoxy) is 1. The highest BCUT2D eigenvalue weighted by Crippen LogP contribution is 2.61. The zero-order chi connectivity index (χ0) is 20.0. The fourth-order valence-electron chi connectivity index (χ4n) is 7.35. The molecule has 5 heteroatoms. The molecule has 0 spiro atoms. The van der Waals surface area contributed by atoms with Gasteiger partial charge in [0, 0.05) is 37.5 Å². The lowest BCUT2D eigenvalue weighted by molar-refractivity contribution is -0.183. The first kappa shape index (κ1) is 18.2. The molecular formula is C24H32N2O3. The molecule has 5 nitrogen and oxygen atoms in total. The Balaban J connectivity index is 1.49. The largest absolute Gasteiger partial charge is 0.497 e. The van der Waals surface area contributed by atoms with Crippen molar-refractivity contribution in [1.29, 1.82) is 0 Å². The number of benzene rings is 1. The molecule has 3 aliphatic carbocycles.